The maximum atomic E-state index is 13.0. The molecule has 106 valence electrons. The van der Waals surface area contributed by atoms with E-state index in [1.165, 1.54) is 0 Å². The van der Waals surface area contributed by atoms with Crippen molar-refractivity contribution in [3.05, 3.63) is 35.1 Å². The van der Waals surface area contributed by atoms with E-state index in [1.807, 2.05) is 0 Å². The zero-order valence-electron chi connectivity index (χ0n) is 10.2. The Morgan fingerprint density at radius 3 is 2.47 bits per heavy atom. The number of aliphatic imine (C=N–C) groups is 1. The lowest BCUT2D eigenvalue weighted by atomic mass is 10.1. The highest BCUT2D eigenvalue weighted by Crippen LogP contribution is 2.13. The topological polar surface area (TPSA) is 36.4 Å². The SMILES string of the molecule is Fc1cc(CCNC2=NCCCN2)cc(F)c1F.I. The van der Waals surface area contributed by atoms with Crippen LogP contribution in [0.2, 0.25) is 0 Å². The van der Waals surface area contributed by atoms with Crippen LogP contribution in [0.1, 0.15) is 12.0 Å². The summed E-state index contributed by atoms with van der Waals surface area (Å²) in [6.45, 7) is 2.12. The van der Waals surface area contributed by atoms with Gasteiger partial charge >= 0.3 is 0 Å². The molecular formula is C12H15F3IN3. The number of hydrogen-bond donors (Lipinski definition) is 2. The molecule has 1 aliphatic rings. The van der Waals surface area contributed by atoms with Crippen LogP contribution in [0.3, 0.4) is 0 Å². The van der Waals surface area contributed by atoms with Crippen LogP contribution in [0.15, 0.2) is 17.1 Å². The molecule has 1 aromatic carbocycles. The predicted octanol–water partition coefficient (Wildman–Crippen LogP) is 2.20. The Kier molecular flexibility index (Phi) is 6.40. The Balaban J connectivity index is 0.00000180. The summed E-state index contributed by atoms with van der Waals surface area (Å²) < 4.78 is 38.6. The largest absolute Gasteiger partial charge is 0.356 e. The van der Waals surface area contributed by atoms with E-state index in [2.05, 4.69) is 15.6 Å². The molecule has 1 heterocycles. The first-order valence-electron chi connectivity index (χ1n) is 5.82. The Hall–Kier alpha value is -0.990. The van der Waals surface area contributed by atoms with E-state index in [4.69, 9.17) is 0 Å². The second-order valence-electron chi connectivity index (χ2n) is 4.06. The molecule has 1 aromatic rings. The zero-order valence-corrected chi connectivity index (χ0v) is 12.5. The summed E-state index contributed by atoms with van der Waals surface area (Å²) in [5.41, 5.74) is 0.412. The van der Waals surface area contributed by atoms with Gasteiger partial charge in [0, 0.05) is 19.6 Å². The number of guanidine groups is 1. The van der Waals surface area contributed by atoms with Gasteiger partial charge in [0.15, 0.2) is 23.4 Å². The van der Waals surface area contributed by atoms with Crippen molar-refractivity contribution in [3.63, 3.8) is 0 Å². The summed E-state index contributed by atoms with van der Waals surface area (Å²) in [6, 6.07) is 2.02. The molecular weight excluding hydrogens is 370 g/mol. The molecule has 0 amide bonds. The van der Waals surface area contributed by atoms with Gasteiger partial charge in [0.25, 0.3) is 0 Å². The van der Waals surface area contributed by atoms with Gasteiger partial charge in [-0.3, -0.25) is 4.99 Å². The third-order valence-electron chi connectivity index (χ3n) is 2.65. The minimum absolute atomic E-state index is 0. The van der Waals surface area contributed by atoms with E-state index >= 15 is 0 Å². The van der Waals surface area contributed by atoms with E-state index in [-0.39, 0.29) is 24.0 Å². The van der Waals surface area contributed by atoms with Gasteiger partial charge < -0.3 is 10.6 Å². The maximum Gasteiger partial charge on any atom is 0.194 e. The average Bonchev–Trinajstić information content (AvgIpc) is 2.37. The van der Waals surface area contributed by atoms with Crippen molar-refractivity contribution in [1.82, 2.24) is 10.6 Å². The molecule has 0 aliphatic carbocycles. The molecule has 0 unspecified atom stereocenters. The lowest BCUT2D eigenvalue weighted by molar-refractivity contribution is 0.445. The predicted molar refractivity (Wildman–Crippen MR) is 78.4 cm³/mol. The third-order valence-corrected chi connectivity index (χ3v) is 2.65. The van der Waals surface area contributed by atoms with Crippen molar-refractivity contribution in [2.45, 2.75) is 12.8 Å². The van der Waals surface area contributed by atoms with Gasteiger partial charge in [-0.1, -0.05) is 0 Å². The van der Waals surface area contributed by atoms with E-state index in [0.717, 1.165) is 31.6 Å². The first kappa shape index (κ1) is 16.1. The Morgan fingerprint density at radius 1 is 1.21 bits per heavy atom. The molecule has 0 spiro atoms. The number of halogens is 4. The second kappa shape index (κ2) is 7.56. The van der Waals surface area contributed by atoms with Crippen molar-refractivity contribution in [3.8, 4) is 0 Å². The van der Waals surface area contributed by atoms with Crippen LogP contribution >= 0.6 is 24.0 Å². The summed E-state index contributed by atoms with van der Waals surface area (Å²) in [4.78, 5) is 4.20. The van der Waals surface area contributed by atoms with E-state index in [0.29, 0.717) is 24.5 Å². The van der Waals surface area contributed by atoms with E-state index in [1.54, 1.807) is 0 Å². The summed E-state index contributed by atoms with van der Waals surface area (Å²) in [5, 5.41) is 6.09. The van der Waals surface area contributed by atoms with Crippen LogP contribution in [0.4, 0.5) is 13.2 Å². The van der Waals surface area contributed by atoms with Crippen molar-refractivity contribution >= 4 is 29.9 Å². The first-order valence-corrected chi connectivity index (χ1v) is 5.82. The molecule has 1 aliphatic heterocycles. The van der Waals surface area contributed by atoms with Gasteiger partial charge in [0.05, 0.1) is 0 Å². The monoisotopic (exact) mass is 385 g/mol. The quantitative estimate of drug-likeness (QED) is 0.619. The van der Waals surface area contributed by atoms with Crippen LogP contribution in [0.25, 0.3) is 0 Å². The number of hydrogen-bond acceptors (Lipinski definition) is 3. The summed E-state index contributed by atoms with van der Waals surface area (Å²) in [7, 11) is 0. The van der Waals surface area contributed by atoms with E-state index < -0.39 is 17.5 Å². The number of nitrogens with zero attached hydrogens (tertiary/aromatic N) is 1. The molecule has 2 N–H and O–H groups in total. The Bertz CT molecular complexity index is 443. The fraction of sp³-hybridized carbons (Fsp3) is 0.417. The molecule has 3 nitrogen and oxygen atoms in total. The fourth-order valence-electron chi connectivity index (χ4n) is 1.73. The van der Waals surface area contributed by atoms with Crippen molar-refractivity contribution in [2.75, 3.05) is 19.6 Å². The Morgan fingerprint density at radius 2 is 1.89 bits per heavy atom. The van der Waals surface area contributed by atoms with Gasteiger partial charge in [-0.05, 0) is 30.5 Å². The third kappa shape index (κ3) is 4.55. The molecule has 0 saturated heterocycles. The maximum absolute atomic E-state index is 13.0. The van der Waals surface area contributed by atoms with Crippen LogP contribution in [-0.2, 0) is 6.42 Å². The summed E-state index contributed by atoms with van der Waals surface area (Å²) in [6.07, 6.45) is 1.40. The number of benzene rings is 1. The van der Waals surface area contributed by atoms with Gasteiger partial charge in [-0.15, -0.1) is 24.0 Å². The highest BCUT2D eigenvalue weighted by Gasteiger charge is 2.10. The van der Waals surface area contributed by atoms with Crippen molar-refractivity contribution in [1.29, 1.82) is 0 Å². The minimum Gasteiger partial charge on any atom is -0.356 e. The van der Waals surface area contributed by atoms with E-state index in [9.17, 15) is 13.2 Å². The van der Waals surface area contributed by atoms with Gasteiger partial charge in [-0.25, -0.2) is 13.2 Å². The van der Waals surface area contributed by atoms with Crippen LogP contribution in [0.5, 0.6) is 0 Å². The van der Waals surface area contributed by atoms with Gasteiger partial charge in [-0.2, -0.15) is 0 Å². The molecule has 19 heavy (non-hydrogen) atoms. The first-order chi connectivity index (χ1) is 8.66. The highest BCUT2D eigenvalue weighted by molar-refractivity contribution is 14.0. The molecule has 0 atom stereocenters. The lowest BCUT2D eigenvalue weighted by Gasteiger charge is -2.15. The lowest BCUT2D eigenvalue weighted by Crippen LogP contribution is -2.41. The smallest absolute Gasteiger partial charge is 0.194 e. The molecule has 2 rings (SSSR count). The fourth-order valence-corrected chi connectivity index (χ4v) is 1.73. The minimum atomic E-state index is -1.43. The van der Waals surface area contributed by atoms with Crippen LogP contribution in [-0.4, -0.2) is 25.6 Å². The van der Waals surface area contributed by atoms with Crippen LogP contribution in [0, 0.1) is 17.5 Å². The molecule has 7 heteroatoms. The Labute approximate surface area is 126 Å². The van der Waals surface area contributed by atoms with Crippen molar-refractivity contribution < 1.29 is 13.2 Å². The molecule has 0 fully saturated rings. The summed E-state index contributed by atoms with van der Waals surface area (Å²) in [5.74, 6) is -3.04. The van der Waals surface area contributed by atoms with Gasteiger partial charge in [0.2, 0.25) is 0 Å². The average molecular weight is 385 g/mol. The molecule has 0 bridgehead atoms. The molecule has 0 saturated carbocycles. The second-order valence-corrected chi connectivity index (χ2v) is 4.06. The van der Waals surface area contributed by atoms with Crippen molar-refractivity contribution in [2.24, 2.45) is 4.99 Å². The van der Waals surface area contributed by atoms with Crippen LogP contribution < -0.4 is 10.6 Å². The number of nitrogens with one attached hydrogen (secondary N) is 2. The zero-order chi connectivity index (χ0) is 13.0. The summed E-state index contributed by atoms with van der Waals surface area (Å²) >= 11 is 0. The molecule has 0 radical (unpaired) electrons. The molecule has 0 aromatic heterocycles. The van der Waals surface area contributed by atoms with Gasteiger partial charge in [0.1, 0.15) is 0 Å². The highest BCUT2D eigenvalue weighted by atomic mass is 127. The normalized spacial score (nSPS) is 14.2. The standard InChI is InChI=1S/C12H14F3N3.HI/c13-9-6-8(7-10(14)11(9)15)2-5-18-12-16-3-1-4-17-12;/h6-7H,1-5H2,(H2,16,17,18);1H. The number of rotatable bonds is 3.